The third kappa shape index (κ3) is 3.35. The lowest BCUT2D eigenvalue weighted by molar-refractivity contribution is 0.0786. The Kier molecular flexibility index (Phi) is 4.22. The van der Waals surface area contributed by atoms with Crippen LogP contribution in [0, 0.1) is 0 Å². The molecule has 3 nitrogen and oxygen atoms in total. The van der Waals surface area contributed by atoms with Crippen molar-refractivity contribution < 1.29 is 4.79 Å². The van der Waals surface area contributed by atoms with Gasteiger partial charge in [-0.2, -0.15) is 0 Å². The molecule has 0 aliphatic carbocycles. The average molecular weight is 319 g/mol. The maximum atomic E-state index is 12.3. The average Bonchev–Trinajstić information content (AvgIpc) is 2.39. The molecule has 0 spiro atoms. The summed E-state index contributed by atoms with van der Waals surface area (Å²) in [5.41, 5.74) is 7.98. The first-order chi connectivity index (χ1) is 9.08. The van der Waals surface area contributed by atoms with E-state index in [1.54, 1.807) is 24.1 Å². The fraction of sp³-hybridized carbons (Fsp3) is 0.133. The van der Waals surface area contributed by atoms with E-state index in [0.29, 0.717) is 17.8 Å². The minimum atomic E-state index is -0.0751. The zero-order valence-electron chi connectivity index (χ0n) is 10.6. The molecule has 0 saturated carbocycles. The van der Waals surface area contributed by atoms with E-state index >= 15 is 0 Å². The first kappa shape index (κ1) is 13.6. The molecule has 2 N–H and O–H groups in total. The summed E-state index contributed by atoms with van der Waals surface area (Å²) < 4.78 is 0.868. The van der Waals surface area contributed by atoms with Crippen LogP contribution in [0.2, 0.25) is 0 Å². The van der Waals surface area contributed by atoms with E-state index in [4.69, 9.17) is 5.73 Å². The molecule has 0 aliphatic rings. The van der Waals surface area contributed by atoms with Gasteiger partial charge in [-0.1, -0.05) is 46.3 Å². The Morgan fingerprint density at radius 3 is 2.53 bits per heavy atom. The first-order valence-electron chi connectivity index (χ1n) is 5.92. The zero-order chi connectivity index (χ0) is 13.8. The number of anilines is 1. The maximum Gasteiger partial charge on any atom is 0.255 e. The van der Waals surface area contributed by atoms with Gasteiger partial charge >= 0.3 is 0 Å². The summed E-state index contributed by atoms with van der Waals surface area (Å²) in [5.74, 6) is -0.0751. The second-order valence-corrected chi connectivity index (χ2v) is 5.29. The number of rotatable bonds is 3. The van der Waals surface area contributed by atoms with Gasteiger partial charge in [-0.05, 0) is 23.8 Å². The summed E-state index contributed by atoms with van der Waals surface area (Å²) in [6.07, 6.45) is 0. The molecule has 0 radical (unpaired) electrons. The van der Waals surface area contributed by atoms with Crippen LogP contribution in [0.3, 0.4) is 0 Å². The van der Waals surface area contributed by atoms with Gasteiger partial charge < -0.3 is 10.6 Å². The number of carbonyl (C=O) groups is 1. The van der Waals surface area contributed by atoms with Crippen LogP contribution < -0.4 is 5.73 Å². The molecular formula is C15H15BrN2O. The van der Waals surface area contributed by atoms with Crippen LogP contribution >= 0.6 is 15.9 Å². The smallest absolute Gasteiger partial charge is 0.255 e. The van der Waals surface area contributed by atoms with Crippen molar-refractivity contribution in [2.24, 2.45) is 0 Å². The van der Waals surface area contributed by atoms with Gasteiger partial charge in [-0.25, -0.2) is 0 Å². The highest BCUT2D eigenvalue weighted by molar-refractivity contribution is 9.10. The lowest BCUT2D eigenvalue weighted by Gasteiger charge is -2.18. The van der Waals surface area contributed by atoms with Crippen molar-refractivity contribution in [3.05, 3.63) is 64.1 Å². The molecular weight excluding hydrogens is 304 g/mol. The van der Waals surface area contributed by atoms with Crippen molar-refractivity contribution in [3.63, 3.8) is 0 Å². The minimum Gasteiger partial charge on any atom is -0.398 e. The summed E-state index contributed by atoms with van der Waals surface area (Å²) >= 11 is 3.33. The molecule has 4 heteroatoms. The fourth-order valence-electron chi connectivity index (χ4n) is 1.86. The molecule has 0 saturated heterocycles. The lowest BCUT2D eigenvalue weighted by atomic mass is 10.1. The number of nitrogen functional groups attached to an aromatic ring is 1. The SMILES string of the molecule is CN(Cc1ccccc1)C(=O)c1ccc(Br)cc1N. The Balaban J connectivity index is 2.15. The van der Waals surface area contributed by atoms with Gasteiger partial charge in [0.1, 0.15) is 0 Å². The lowest BCUT2D eigenvalue weighted by Crippen LogP contribution is -2.26. The van der Waals surface area contributed by atoms with Gasteiger partial charge in [0.25, 0.3) is 5.91 Å². The number of nitrogens with zero attached hydrogens (tertiary/aromatic N) is 1. The number of carbonyl (C=O) groups excluding carboxylic acids is 1. The van der Waals surface area contributed by atoms with Crippen molar-refractivity contribution in [3.8, 4) is 0 Å². The van der Waals surface area contributed by atoms with E-state index < -0.39 is 0 Å². The topological polar surface area (TPSA) is 46.3 Å². The number of benzene rings is 2. The van der Waals surface area contributed by atoms with Gasteiger partial charge in [-0.3, -0.25) is 4.79 Å². The number of amides is 1. The van der Waals surface area contributed by atoms with Gasteiger partial charge in [0, 0.05) is 23.8 Å². The summed E-state index contributed by atoms with van der Waals surface area (Å²) in [4.78, 5) is 14.0. The van der Waals surface area contributed by atoms with E-state index in [9.17, 15) is 4.79 Å². The van der Waals surface area contributed by atoms with Crippen molar-refractivity contribution in [1.82, 2.24) is 4.90 Å². The molecule has 0 atom stereocenters. The third-order valence-electron chi connectivity index (χ3n) is 2.85. The monoisotopic (exact) mass is 318 g/mol. The number of nitrogens with two attached hydrogens (primary N) is 1. The largest absolute Gasteiger partial charge is 0.398 e. The predicted octanol–water partition coefficient (Wildman–Crippen LogP) is 3.30. The summed E-state index contributed by atoms with van der Waals surface area (Å²) in [7, 11) is 1.77. The van der Waals surface area contributed by atoms with Crippen LogP contribution in [-0.2, 0) is 6.54 Å². The Morgan fingerprint density at radius 1 is 1.21 bits per heavy atom. The van der Waals surface area contributed by atoms with Gasteiger partial charge in [0.15, 0.2) is 0 Å². The molecule has 2 aromatic rings. The molecule has 2 rings (SSSR count). The highest BCUT2D eigenvalue weighted by atomic mass is 79.9. The Labute approximate surface area is 121 Å². The number of halogens is 1. The van der Waals surface area contributed by atoms with Crippen LogP contribution in [-0.4, -0.2) is 17.9 Å². The Morgan fingerprint density at radius 2 is 1.89 bits per heavy atom. The second kappa shape index (κ2) is 5.89. The number of hydrogen-bond acceptors (Lipinski definition) is 2. The summed E-state index contributed by atoms with van der Waals surface area (Å²) in [6, 6.07) is 15.2. The Hall–Kier alpha value is -1.81. The van der Waals surface area contributed by atoms with Crippen molar-refractivity contribution in [2.75, 3.05) is 12.8 Å². The van der Waals surface area contributed by atoms with Crippen LogP contribution in [0.25, 0.3) is 0 Å². The molecule has 1 amide bonds. The highest BCUT2D eigenvalue weighted by Gasteiger charge is 2.14. The zero-order valence-corrected chi connectivity index (χ0v) is 12.2. The van der Waals surface area contributed by atoms with Crippen LogP contribution in [0.15, 0.2) is 53.0 Å². The van der Waals surface area contributed by atoms with Crippen molar-refractivity contribution in [2.45, 2.75) is 6.54 Å². The number of hydrogen-bond donors (Lipinski definition) is 1. The molecule has 0 fully saturated rings. The molecule has 0 aliphatic heterocycles. The normalized spacial score (nSPS) is 10.2. The summed E-state index contributed by atoms with van der Waals surface area (Å²) in [6.45, 7) is 0.565. The summed E-state index contributed by atoms with van der Waals surface area (Å²) in [5, 5.41) is 0. The quantitative estimate of drug-likeness (QED) is 0.882. The van der Waals surface area contributed by atoms with Gasteiger partial charge in [0.2, 0.25) is 0 Å². The van der Waals surface area contributed by atoms with E-state index in [2.05, 4.69) is 15.9 Å². The highest BCUT2D eigenvalue weighted by Crippen LogP contribution is 2.20. The first-order valence-corrected chi connectivity index (χ1v) is 6.71. The standard InChI is InChI=1S/C15H15BrN2O/c1-18(10-11-5-3-2-4-6-11)15(19)13-8-7-12(16)9-14(13)17/h2-9H,10,17H2,1H3. The molecule has 0 heterocycles. The Bertz CT molecular complexity index is 584. The van der Waals surface area contributed by atoms with E-state index in [1.807, 2.05) is 36.4 Å². The van der Waals surface area contributed by atoms with E-state index in [-0.39, 0.29) is 5.91 Å². The van der Waals surface area contributed by atoms with E-state index in [1.165, 1.54) is 0 Å². The maximum absolute atomic E-state index is 12.3. The predicted molar refractivity (Wildman–Crippen MR) is 80.8 cm³/mol. The fourth-order valence-corrected chi connectivity index (χ4v) is 2.24. The molecule has 19 heavy (non-hydrogen) atoms. The van der Waals surface area contributed by atoms with Crippen LogP contribution in [0.5, 0.6) is 0 Å². The molecule has 98 valence electrons. The molecule has 0 aromatic heterocycles. The molecule has 2 aromatic carbocycles. The van der Waals surface area contributed by atoms with Crippen LogP contribution in [0.4, 0.5) is 5.69 Å². The molecule has 0 bridgehead atoms. The van der Waals surface area contributed by atoms with Gasteiger partial charge in [0.05, 0.1) is 5.56 Å². The minimum absolute atomic E-state index is 0.0751. The second-order valence-electron chi connectivity index (χ2n) is 4.38. The van der Waals surface area contributed by atoms with Crippen molar-refractivity contribution in [1.29, 1.82) is 0 Å². The van der Waals surface area contributed by atoms with Crippen LogP contribution in [0.1, 0.15) is 15.9 Å². The van der Waals surface area contributed by atoms with E-state index in [0.717, 1.165) is 10.0 Å². The van der Waals surface area contributed by atoms with Crippen molar-refractivity contribution >= 4 is 27.5 Å². The van der Waals surface area contributed by atoms with Gasteiger partial charge in [-0.15, -0.1) is 0 Å². The molecule has 0 unspecified atom stereocenters. The third-order valence-corrected chi connectivity index (χ3v) is 3.35.